The zero-order valence-corrected chi connectivity index (χ0v) is 14.0. The second-order valence-electron chi connectivity index (χ2n) is 6.64. The molecule has 0 amide bonds. The molecule has 2 aromatic rings. The Labute approximate surface area is 142 Å². The molecule has 0 fully saturated rings. The maximum Gasteiger partial charge on any atom is 0.0600 e. The average molecular weight is 313 g/mol. The van der Waals surface area contributed by atoms with Gasteiger partial charge in [-0.15, -0.1) is 0 Å². The summed E-state index contributed by atoms with van der Waals surface area (Å²) in [7, 11) is 0. The van der Waals surface area contributed by atoms with Crippen LogP contribution in [-0.4, -0.2) is 23.7 Å². The summed E-state index contributed by atoms with van der Waals surface area (Å²) in [4.78, 5) is 2.44. The molecule has 0 saturated heterocycles. The van der Waals surface area contributed by atoms with Gasteiger partial charge in [-0.1, -0.05) is 68.1 Å². The normalized spacial score (nSPS) is 11.3. The molecule has 0 aliphatic carbocycles. The van der Waals surface area contributed by atoms with Gasteiger partial charge >= 0.3 is 0 Å². The van der Waals surface area contributed by atoms with Gasteiger partial charge in [0, 0.05) is 19.6 Å². The summed E-state index contributed by atoms with van der Waals surface area (Å²) in [6.07, 6.45) is 0. The fraction of sp³-hybridized carbons (Fsp3) is 0.429. The first-order valence-electron chi connectivity index (χ1n) is 7.97. The molecule has 2 heteroatoms. The number of hydrogen-bond acceptors (Lipinski definition) is 2. The Morgan fingerprint density at radius 3 is 1.61 bits per heavy atom. The second-order valence-corrected chi connectivity index (χ2v) is 6.64. The Kier molecular flexibility index (Phi) is 8.01. The fourth-order valence-corrected chi connectivity index (χ4v) is 2.38. The van der Waals surface area contributed by atoms with Crippen molar-refractivity contribution < 1.29 is 4.74 Å². The van der Waals surface area contributed by atoms with E-state index in [1.807, 2.05) is 0 Å². The van der Waals surface area contributed by atoms with Crippen LogP contribution in [-0.2, 0) is 17.8 Å². The van der Waals surface area contributed by atoms with Crippen LogP contribution in [0.25, 0.3) is 0 Å². The molecule has 0 saturated carbocycles. The molecule has 126 valence electrons. The van der Waals surface area contributed by atoms with Crippen molar-refractivity contribution >= 4 is 0 Å². The molecular weight excluding hydrogens is 282 g/mol. The van der Waals surface area contributed by atoms with E-state index in [2.05, 4.69) is 86.3 Å². The second kappa shape index (κ2) is 9.49. The predicted molar refractivity (Wildman–Crippen MR) is 99.4 cm³/mol. The van der Waals surface area contributed by atoms with Crippen molar-refractivity contribution in [2.45, 2.75) is 46.9 Å². The lowest BCUT2D eigenvalue weighted by Crippen LogP contribution is -2.30. The third-order valence-corrected chi connectivity index (χ3v) is 3.44. The molecule has 0 heterocycles. The van der Waals surface area contributed by atoms with E-state index < -0.39 is 0 Å². The lowest BCUT2D eigenvalue weighted by molar-refractivity contribution is -0.0148. The van der Waals surface area contributed by atoms with Crippen LogP contribution in [0, 0.1) is 0 Å². The Morgan fingerprint density at radius 1 is 0.783 bits per heavy atom. The van der Waals surface area contributed by atoms with E-state index in [0.29, 0.717) is 0 Å². The summed E-state index contributed by atoms with van der Waals surface area (Å²) in [5, 5.41) is 0. The minimum absolute atomic E-state index is 0. The number of benzene rings is 2. The van der Waals surface area contributed by atoms with Gasteiger partial charge in [0.25, 0.3) is 0 Å². The standard InChI is InChI=1S/C20H27NO.CH4/c1-20(2,3)22-15-14-21(16-18-10-6-4-7-11-18)17-19-12-8-5-9-13-19;/h4-13H,14-17H2,1-3H3;1H4. The molecule has 0 aliphatic rings. The zero-order valence-electron chi connectivity index (χ0n) is 14.0. The summed E-state index contributed by atoms with van der Waals surface area (Å²) in [6.45, 7) is 9.89. The van der Waals surface area contributed by atoms with Crippen molar-refractivity contribution in [2.75, 3.05) is 13.2 Å². The first-order valence-corrected chi connectivity index (χ1v) is 7.97. The summed E-state index contributed by atoms with van der Waals surface area (Å²) in [5.41, 5.74) is 2.61. The van der Waals surface area contributed by atoms with Crippen molar-refractivity contribution in [2.24, 2.45) is 0 Å². The van der Waals surface area contributed by atoms with Gasteiger partial charge < -0.3 is 4.74 Å². The van der Waals surface area contributed by atoms with Crippen LogP contribution >= 0.6 is 0 Å². The van der Waals surface area contributed by atoms with Crippen LogP contribution < -0.4 is 0 Å². The van der Waals surface area contributed by atoms with Crippen molar-refractivity contribution in [1.29, 1.82) is 0 Å². The van der Waals surface area contributed by atoms with Gasteiger partial charge in [-0.25, -0.2) is 0 Å². The molecule has 0 unspecified atom stereocenters. The molecule has 2 nitrogen and oxygen atoms in total. The van der Waals surface area contributed by atoms with Crippen LogP contribution in [0.15, 0.2) is 60.7 Å². The number of hydrogen-bond donors (Lipinski definition) is 0. The fourth-order valence-electron chi connectivity index (χ4n) is 2.38. The summed E-state index contributed by atoms with van der Waals surface area (Å²) < 4.78 is 5.89. The van der Waals surface area contributed by atoms with Gasteiger partial charge in [0.15, 0.2) is 0 Å². The lowest BCUT2D eigenvalue weighted by atomic mass is 10.1. The van der Waals surface area contributed by atoms with E-state index >= 15 is 0 Å². The van der Waals surface area contributed by atoms with Gasteiger partial charge in [-0.2, -0.15) is 0 Å². The van der Waals surface area contributed by atoms with Crippen LogP contribution in [0.1, 0.15) is 39.3 Å². The largest absolute Gasteiger partial charge is 0.375 e. The zero-order chi connectivity index (χ0) is 15.8. The quantitative estimate of drug-likeness (QED) is 0.701. The van der Waals surface area contributed by atoms with Crippen molar-refractivity contribution in [1.82, 2.24) is 4.90 Å². The number of rotatable bonds is 7. The molecule has 2 aromatic carbocycles. The number of ether oxygens (including phenoxy) is 1. The van der Waals surface area contributed by atoms with E-state index in [-0.39, 0.29) is 13.0 Å². The van der Waals surface area contributed by atoms with Gasteiger partial charge in [0.05, 0.1) is 12.2 Å². The first kappa shape index (κ1) is 19.4. The molecule has 0 aliphatic heterocycles. The molecule has 0 aromatic heterocycles. The maximum atomic E-state index is 5.89. The Morgan fingerprint density at radius 2 is 1.22 bits per heavy atom. The van der Waals surface area contributed by atoms with Crippen molar-refractivity contribution in [3.8, 4) is 0 Å². The van der Waals surface area contributed by atoms with Gasteiger partial charge in [-0.3, -0.25) is 4.90 Å². The first-order chi connectivity index (χ1) is 10.5. The highest BCUT2D eigenvalue weighted by atomic mass is 16.5. The van der Waals surface area contributed by atoms with E-state index in [9.17, 15) is 0 Å². The molecule has 23 heavy (non-hydrogen) atoms. The molecule has 2 rings (SSSR count). The minimum atomic E-state index is -0.0782. The van der Waals surface area contributed by atoms with Gasteiger partial charge in [0.2, 0.25) is 0 Å². The molecule has 0 N–H and O–H groups in total. The van der Waals surface area contributed by atoms with Crippen LogP contribution in [0.4, 0.5) is 0 Å². The Hall–Kier alpha value is -1.64. The highest BCUT2D eigenvalue weighted by Gasteiger charge is 2.12. The Balaban J connectivity index is 0.00000264. The average Bonchev–Trinajstić information content (AvgIpc) is 2.48. The monoisotopic (exact) mass is 313 g/mol. The van der Waals surface area contributed by atoms with Crippen LogP contribution in [0.2, 0.25) is 0 Å². The SMILES string of the molecule is C.CC(C)(C)OCCN(Cc1ccccc1)Cc1ccccc1. The smallest absolute Gasteiger partial charge is 0.0600 e. The van der Waals surface area contributed by atoms with Crippen LogP contribution in [0.3, 0.4) is 0 Å². The third kappa shape index (κ3) is 7.96. The van der Waals surface area contributed by atoms with E-state index in [1.165, 1.54) is 11.1 Å². The highest BCUT2D eigenvalue weighted by Crippen LogP contribution is 2.11. The Bertz CT molecular complexity index is 489. The lowest BCUT2D eigenvalue weighted by Gasteiger charge is -2.26. The van der Waals surface area contributed by atoms with E-state index in [4.69, 9.17) is 4.74 Å². The maximum absolute atomic E-state index is 5.89. The molecule has 0 bridgehead atoms. The van der Waals surface area contributed by atoms with Gasteiger partial charge in [-0.05, 0) is 31.9 Å². The van der Waals surface area contributed by atoms with E-state index in [1.54, 1.807) is 0 Å². The molecular formula is C21H31NO. The van der Waals surface area contributed by atoms with E-state index in [0.717, 1.165) is 26.2 Å². The third-order valence-electron chi connectivity index (χ3n) is 3.44. The summed E-state index contributed by atoms with van der Waals surface area (Å²) >= 11 is 0. The van der Waals surface area contributed by atoms with Gasteiger partial charge in [0.1, 0.15) is 0 Å². The van der Waals surface area contributed by atoms with Crippen molar-refractivity contribution in [3.63, 3.8) is 0 Å². The molecule has 0 radical (unpaired) electrons. The summed E-state index contributed by atoms with van der Waals surface area (Å²) in [6, 6.07) is 21.3. The van der Waals surface area contributed by atoms with Crippen LogP contribution in [0.5, 0.6) is 0 Å². The predicted octanol–water partition coefficient (Wildman–Crippen LogP) is 5.14. The summed E-state index contributed by atoms with van der Waals surface area (Å²) in [5.74, 6) is 0. The minimum Gasteiger partial charge on any atom is -0.375 e. The number of nitrogens with zero attached hydrogens (tertiary/aromatic N) is 1. The molecule has 0 atom stereocenters. The molecule has 0 spiro atoms. The van der Waals surface area contributed by atoms with Crippen molar-refractivity contribution in [3.05, 3.63) is 71.8 Å². The highest BCUT2D eigenvalue weighted by molar-refractivity contribution is 5.17. The topological polar surface area (TPSA) is 12.5 Å².